The molecule has 0 spiro atoms. The van der Waals surface area contributed by atoms with Crippen LogP contribution in [0.1, 0.15) is 22.3 Å². The zero-order valence-electron chi connectivity index (χ0n) is 17.2. The maximum Gasteiger partial charge on any atom is 0.251 e. The molecule has 1 aliphatic rings. The molecule has 1 heterocycles. The van der Waals surface area contributed by atoms with Crippen LogP contribution in [0, 0.1) is 12.8 Å². The predicted octanol–water partition coefficient (Wildman–Crippen LogP) is 2.80. The first-order valence-electron chi connectivity index (χ1n) is 9.42. The molecule has 154 valence electrons. The van der Waals surface area contributed by atoms with Gasteiger partial charge in [-0.3, -0.25) is 9.59 Å². The van der Waals surface area contributed by atoms with Gasteiger partial charge < -0.3 is 24.4 Å². The van der Waals surface area contributed by atoms with Crippen molar-refractivity contribution in [3.05, 3.63) is 47.5 Å². The molecule has 1 saturated heterocycles. The van der Waals surface area contributed by atoms with Crippen molar-refractivity contribution in [3.8, 4) is 17.2 Å². The quantitative estimate of drug-likeness (QED) is 0.776. The minimum absolute atomic E-state index is 0.0507. The van der Waals surface area contributed by atoms with Gasteiger partial charge in [0.25, 0.3) is 5.91 Å². The van der Waals surface area contributed by atoms with Crippen LogP contribution in [0.2, 0.25) is 0 Å². The van der Waals surface area contributed by atoms with Crippen LogP contribution in [0.15, 0.2) is 36.4 Å². The van der Waals surface area contributed by atoms with Crippen molar-refractivity contribution in [1.29, 1.82) is 0 Å². The molecule has 1 N–H and O–H groups in total. The lowest BCUT2D eigenvalue weighted by atomic mass is 10.1. The van der Waals surface area contributed by atoms with Crippen LogP contribution < -0.4 is 24.4 Å². The first-order chi connectivity index (χ1) is 14.0. The SMILES string of the molecule is COc1cc(C(=O)NCC2CC(=O)N(c3ccc(C)cc3)C2)cc(OC)c1OC. The second-order valence-corrected chi connectivity index (χ2v) is 7.03. The number of methoxy groups -OCH3 is 3. The van der Waals surface area contributed by atoms with E-state index in [0.717, 1.165) is 11.3 Å². The third-order valence-corrected chi connectivity index (χ3v) is 5.03. The third kappa shape index (κ3) is 4.45. The Hall–Kier alpha value is -3.22. The van der Waals surface area contributed by atoms with E-state index in [1.54, 1.807) is 17.0 Å². The molecule has 29 heavy (non-hydrogen) atoms. The van der Waals surface area contributed by atoms with Crippen LogP contribution in [0.4, 0.5) is 5.69 Å². The number of anilines is 1. The summed E-state index contributed by atoms with van der Waals surface area (Å²) in [6, 6.07) is 11.1. The van der Waals surface area contributed by atoms with Crippen LogP contribution in [0.3, 0.4) is 0 Å². The lowest BCUT2D eigenvalue weighted by molar-refractivity contribution is -0.117. The second kappa shape index (κ2) is 8.86. The van der Waals surface area contributed by atoms with Gasteiger partial charge in [-0.2, -0.15) is 0 Å². The van der Waals surface area contributed by atoms with Crippen molar-refractivity contribution in [2.45, 2.75) is 13.3 Å². The molecule has 2 amide bonds. The van der Waals surface area contributed by atoms with E-state index in [0.29, 0.717) is 42.3 Å². The van der Waals surface area contributed by atoms with Gasteiger partial charge in [-0.05, 0) is 31.2 Å². The largest absolute Gasteiger partial charge is 0.493 e. The zero-order valence-corrected chi connectivity index (χ0v) is 17.2. The van der Waals surface area contributed by atoms with E-state index in [9.17, 15) is 9.59 Å². The Morgan fingerprint density at radius 1 is 1.07 bits per heavy atom. The van der Waals surface area contributed by atoms with Crippen molar-refractivity contribution >= 4 is 17.5 Å². The number of hydrogen-bond donors (Lipinski definition) is 1. The molecule has 0 saturated carbocycles. The van der Waals surface area contributed by atoms with Crippen molar-refractivity contribution in [1.82, 2.24) is 5.32 Å². The number of carbonyl (C=O) groups is 2. The maximum absolute atomic E-state index is 12.6. The number of carbonyl (C=O) groups excluding carboxylic acids is 2. The van der Waals surface area contributed by atoms with Gasteiger partial charge >= 0.3 is 0 Å². The van der Waals surface area contributed by atoms with Crippen LogP contribution in [0.5, 0.6) is 17.2 Å². The molecular formula is C22H26N2O5. The van der Waals surface area contributed by atoms with Crippen molar-refractivity contribution in [2.75, 3.05) is 39.3 Å². The van der Waals surface area contributed by atoms with E-state index >= 15 is 0 Å². The maximum atomic E-state index is 12.6. The fourth-order valence-corrected chi connectivity index (χ4v) is 3.44. The van der Waals surface area contributed by atoms with Gasteiger partial charge in [-0.1, -0.05) is 17.7 Å². The zero-order chi connectivity index (χ0) is 21.0. The summed E-state index contributed by atoms with van der Waals surface area (Å²) in [7, 11) is 4.52. The van der Waals surface area contributed by atoms with Crippen LogP contribution >= 0.6 is 0 Å². The number of amides is 2. The van der Waals surface area contributed by atoms with Crippen molar-refractivity contribution in [3.63, 3.8) is 0 Å². The first kappa shape index (κ1) is 20.5. The number of nitrogens with one attached hydrogen (secondary N) is 1. The molecule has 2 aromatic rings. The van der Waals surface area contributed by atoms with Gasteiger partial charge in [0.15, 0.2) is 11.5 Å². The number of ether oxygens (including phenoxy) is 3. The summed E-state index contributed by atoms with van der Waals surface area (Å²) >= 11 is 0. The van der Waals surface area contributed by atoms with Gasteiger partial charge in [0.05, 0.1) is 21.3 Å². The summed E-state index contributed by atoms with van der Waals surface area (Å²) < 4.78 is 15.9. The van der Waals surface area contributed by atoms with E-state index in [-0.39, 0.29) is 17.7 Å². The lowest BCUT2D eigenvalue weighted by Crippen LogP contribution is -2.31. The molecule has 1 atom stereocenters. The Kier molecular flexibility index (Phi) is 6.26. The molecule has 7 nitrogen and oxygen atoms in total. The average Bonchev–Trinajstić information content (AvgIpc) is 3.11. The second-order valence-electron chi connectivity index (χ2n) is 7.03. The number of rotatable bonds is 7. The summed E-state index contributed by atoms with van der Waals surface area (Å²) in [4.78, 5) is 26.8. The molecule has 3 rings (SSSR count). The third-order valence-electron chi connectivity index (χ3n) is 5.03. The highest BCUT2D eigenvalue weighted by atomic mass is 16.5. The Bertz CT molecular complexity index is 870. The van der Waals surface area contributed by atoms with E-state index in [2.05, 4.69) is 5.32 Å². The molecule has 1 fully saturated rings. The Morgan fingerprint density at radius 3 is 2.24 bits per heavy atom. The number of benzene rings is 2. The molecule has 0 radical (unpaired) electrons. The van der Waals surface area contributed by atoms with Gasteiger partial charge in [-0.25, -0.2) is 0 Å². The van der Waals surface area contributed by atoms with Gasteiger partial charge in [-0.15, -0.1) is 0 Å². The minimum atomic E-state index is -0.259. The standard InChI is InChI=1S/C22H26N2O5/c1-14-5-7-17(8-6-14)24-13-15(9-20(24)25)12-23-22(26)16-10-18(27-2)21(29-4)19(11-16)28-3/h5-8,10-11,15H,9,12-13H2,1-4H3,(H,23,26). The van der Waals surface area contributed by atoms with Gasteiger partial charge in [0.2, 0.25) is 11.7 Å². The number of aryl methyl sites for hydroxylation is 1. The van der Waals surface area contributed by atoms with E-state index in [1.807, 2.05) is 31.2 Å². The molecule has 0 bridgehead atoms. The van der Waals surface area contributed by atoms with E-state index in [1.165, 1.54) is 21.3 Å². The highest BCUT2D eigenvalue weighted by molar-refractivity contribution is 5.97. The molecule has 0 aliphatic carbocycles. The molecular weight excluding hydrogens is 372 g/mol. The number of nitrogens with zero attached hydrogens (tertiary/aromatic N) is 1. The molecule has 1 aliphatic heterocycles. The summed E-state index contributed by atoms with van der Waals surface area (Å²) in [5, 5.41) is 2.91. The number of hydrogen-bond acceptors (Lipinski definition) is 5. The average molecular weight is 398 g/mol. The van der Waals surface area contributed by atoms with E-state index < -0.39 is 0 Å². The summed E-state index contributed by atoms with van der Waals surface area (Å²) in [6.45, 7) is 3.00. The smallest absolute Gasteiger partial charge is 0.251 e. The fourth-order valence-electron chi connectivity index (χ4n) is 3.44. The molecule has 7 heteroatoms. The monoisotopic (exact) mass is 398 g/mol. The highest BCUT2D eigenvalue weighted by Gasteiger charge is 2.31. The van der Waals surface area contributed by atoms with Gasteiger partial charge in [0, 0.05) is 36.7 Å². The molecule has 2 aromatic carbocycles. The van der Waals surface area contributed by atoms with E-state index in [4.69, 9.17) is 14.2 Å². The first-order valence-corrected chi connectivity index (χ1v) is 9.42. The topological polar surface area (TPSA) is 77.1 Å². The molecule has 1 unspecified atom stereocenters. The van der Waals surface area contributed by atoms with Crippen LogP contribution in [0.25, 0.3) is 0 Å². The molecule has 0 aromatic heterocycles. The lowest BCUT2D eigenvalue weighted by Gasteiger charge is -2.17. The summed E-state index contributed by atoms with van der Waals surface area (Å²) in [5.41, 5.74) is 2.44. The predicted molar refractivity (Wildman–Crippen MR) is 110 cm³/mol. The van der Waals surface area contributed by atoms with Crippen molar-refractivity contribution < 1.29 is 23.8 Å². The summed E-state index contributed by atoms with van der Waals surface area (Å²) in [6.07, 6.45) is 0.406. The van der Waals surface area contributed by atoms with Crippen molar-refractivity contribution in [2.24, 2.45) is 5.92 Å². The Labute approximate surface area is 170 Å². The Morgan fingerprint density at radius 2 is 1.69 bits per heavy atom. The van der Waals surface area contributed by atoms with Gasteiger partial charge in [0.1, 0.15) is 0 Å². The minimum Gasteiger partial charge on any atom is -0.493 e. The van der Waals surface area contributed by atoms with Crippen LogP contribution in [-0.4, -0.2) is 46.2 Å². The van der Waals surface area contributed by atoms with Crippen LogP contribution in [-0.2, 0) is 4.79 Å². The highest BCUT2D eigenvalue weighted by Crippen LogP contribution is 2.38. The fraction of sp³-hybridized carbons (Fsp3) is 0.364. The Balaban J connectivity index is 1.65. The summed E-state index contributed by atoms with van der Waals surface area (Å²) in [5.74, 6) is 1.13. The normalized spacial score (nSPS) is 15.9.